The first-order chi connectivity index (χ1) is 10.5. The van der Waals surface area contributed by atoms with Gasteiger partial charge in [0.25, 0.3) is 5.91 Å². The van der Waals surface area contributed by atoms with E-state index in [4.69, 9.17) is 0 Å². The molecule has 0 saturated carbocycles. The van der Waals surface area contributed by atoms with Crippen molar-refractivity contribution in [1.82, 2.24) is 29.0 Å². The number of carbonyl (C=O) groups excluding carboxylic acids is 1. The predicted octanol–water partition coefficient (Wildman–Crippen LogP) is 1.78. The Kier molecular flexibility index (Phi) is 3.62. The van der Waals surface area contributed by atoms with Gasteiger partial charge in [0.2, 0.25) is 5.78 Å². The molecule has 3 aromatic heterocycles. The van der Waals surface area contributed by atoms with Crippen LogP contribution in [0.5, 0.6) is 0 Å². The molecule has 7 heteroatoms. The summed E-state index contributed by atoms with van der Waals surface area (Å²) in [5.74, 6) is 0.384. The number of fused-ring (bicyclic) bond motifs is 1. The summed E-state index contributed by atoms with van der Waals surface area (Å²) in [4.78, 5) is 22.4. The van der Waals surface area contributed by atoms with Crippen molar-refractivity contribution in [2.45, 2.75) is 26.4 Å². The molecule has 7 nitrogen and oxygen atoms in total. The van der Waals surface area contributed by atoms with Gasteiger partial charge in [0.15, 0.2) is 0 Å². The summed E-state index contributed by atoms with van der Waals surface area (Å²) in [5.41, 5.74) is 1.38. The fourth-order valence-corrected chi connectivity index (χ4v) is 2.22. The van der Waals surface area contributed by atoms with Gasteiger partial charge in [0, 0.05) is 50.0 Å². The standard InChI is InChI=1S/C15H18N6O/c1-11(2)21-9-12(7-17-21)8-19(3)14(22)13-10-20-6-4-5-16-15(20)18-13/h4-7,9-11H,8H2,1-3H3. The van der Waals surface area contributed by atoms with Crippen molar-refractivity contribution in [1.29, 1.82) is 0 Å². The second kappa shape index (κ2) is 5.59. The van der Waals surface area contributed by atoms with E-state index < -0.39 is 0 Å². The van der Waals surface area contributed by atoms with Crippen LogP contribution in [0.1, 0.15) is 35.9 Å². The average Bonchev–Trinajstić information content (AvgIpc) is 3.12. The van der Waals surface area contributed by atoms with Gasteiger partial charge in [0.05, 0.1) is 6.20 Å². The molecule has 0 saturated heterocycles. The minimum absolute atomic E-state index is 0.136. The van der Waals surface area contributed by atoms with Crippen LogP contribution >= 0.6 is 0 Å². The predicted molar refractivity (Wildman–Crippen MR) is 81.4 cm³/mol. The van der Waals surface area contributed by atoms with Crippen molar-refractivity contribution in [3.05, 3.63) is 48.3 Å². The minimum atomic E-state index is -0.136. The van der Waals surface area contributed by atoms with Crippen molar-refractivity contribution in [3.63, 3.8) is 0 Å². The highest BCUT2D eigenvalue weighted by Gasteiger charge is 2.17. The van der Waals surface area contributed by atoms with Crippen molar-refractivity contribution >= 4 is 11.7 Å². The van der Waals surface area contributed by atoms with Crippen molar-refractivity contribution < 1.29 is 4.79 Å². The normalized spacial score (nSPS) is 11.3. The van der Waals surface area contributed by atoms with E-state index in [1.807, 2.05) is 17.1 Å². The molecule has 0 spiro atoms. The number of hydrogen-bond acceptors (Lipinski definition) is 4. The molecule has 0 aromatic carbocycles. The van der Waals surface area contributed by atoms with Crippen LogP contribution in [0.25, 0.3) is 5.78 Å². The first-order valence-corrected chi connectivity index (χ1v) is 7.13. The molecule has 1 amide bonds. The van der Waals surface area contributed by atoms with Gasteiger partial charge in [-0.15, -0.1) is 0 Å². The third-order valence-electron chi connectivity index (χ3n) is 3.41. The first-order valence-electron chi connectivity index (χ1n) is 7.13. The molecule has 0 aliphatic heterocycles. The Morgan fingerprint density at radius 2 is 2.18 bits per heavy atom. The molecule has 0 bridgehead atoms. The van der Waals surface area contributed by atoms with Crippen LogP contribution in [0, 0.1) is 0 Å². The number of nitrogens with zero attached hydrogens (tertiary/aromatic N) is 6. The zero-order valence-electron chi connectivity index (χ0n) is 12.8. The minimum Gasteiger partial charge on any atom is -0.336 e. The van der Waals surface area contributed by atoms with Gasteiger partial charge in [-0.25, -0.2) is 9.97 Å². The number of imidazole rings is 1. The van der Waals surface area contributed by atoms with E-state index in [0.29, 0.717) is 24.1 Å². The second-order valence-corrected chi connectivity index (χ2v) is 5.54. The Labute approximate surface area is 128 Å². The van der Waals surface area contributed by atoms with Crippen LogP contribution < -0.4 is 0 Å². The van der Waals surface area contributed by atoms with Crippen LogP contribution in [-0.4, -0.2) is 42.0 Å². The van der Waals surface area contributed by atoms with Gasteiger partial charge in [0.1, 0.15) is 5.69 Å². The lowest BCUT2D eigenvalue weighted by Gasteiger charge is -2.14. The van der Waals surface area contributed by atoms with E-state index in [9.17, 15) is 4.79 Å². The molecule has 0 aliphatic carbocycles. The maximum Gasteiger partial charge on any atom is 0.274 e. The van der Waals surface area contributed by atoms with Gasteiger partial charge in [-0.1, -0.05) is 0 Å². The lowest BCUT2D eigenvalue weighted by atomic mass is 10.3. The molecule has 0 atom stereocenters. The van der Waals surface area contributed by atoms with Gasteiger partial charge in [-0.05, 0) is 19.9 Å². The molecule has 0 radical (unpaired) electrons. The molecule has 3 rings (SSSR count). The Morgan fingerprint density at radius 3 is 2.86 bits per heavy atom. The van der Waals surface area contributed by atoms with E-state index in [1.165, 1.54) is 0 Å². The van der Waals surface area contributed by atoms with Gasteiger partial charge < -0.3 is 4.90 Å². The van der Waals surface area contributed by atoms with Gasteiger partial charge in [-0.2, -0.15) is 5.10 Å². The Bertz CT molecular complexity index is 770. The number of rotatable bonds is 4. The molecule has 0 aliphatic rings. The van der Waals surface area contributed by atoms with Gasteiger partial charge >= 0.3 is 0 Å². The molecule has 22 heavy (non-hydrogen) atoms. The Morgan fingerprint density at radius 1 is 1.36 bits per heavy atom. The molecule has 114 valence electrons. The fraction of sp³-hybridized carbons (Fsp3) is 0.333. The van der Waals surface area contributed by atoms with Crippen LogP contribution in [0.3, 0.4) is 0 Å². The topological polar surface area (TPSA) is 68.3 Å². The first kappa shape index (κ1) is 14.2. The zero-order valence-corrected chi connectivity index (χ0v) is 12.8. The highest BCUT2D eigenvalue weighted by molar-refractivity contribution is 5.92. The van der Waals surface area contributed by atoms with E-state index in [2.05, 4.69) is 28.9 Å². The average molecular weight is 298 g/mol. The number of carbonyl (C=O) groups is 1. The fourth-order valence-electron chi connectivity index (χ4n) is 2.22. The maximum absolute atomic E-state index is 12.5. The quantitative estimate of drug-likeness (QED) is 0.736. The monoisotopic (exact) mass is 298 g/mol. The molecule has 3 heterocycles. The smallest absolute Gasteiger partial charge is 0.274 e. The summed E-state index contributed by atoms with van der Waals surface area (Å²) in [6.45, 7) is 4.62. The van der Waals surface area contributed by atoms with E-state index in [1.54, 1.807) is 41.0 Å². The summed E-state index contributed by atoms with van der Waals surface area (Å²) < 4.78 is 3.61. The van der Waals surface area contributed by atoms with Crippen molar-refractivity contribution in [3.8, 4) is 0 Å². The van der Waals surface area contributed by atoms with Crippen molar-refractivity contribution in [2.24, 2.45) is 0 Å². The summed E-state index contributed by atoms with van der Waals surface area (Å²) in [5, 5.41) is 4.28. The van der Waals surface area contributed by atoms with E-state index >= 15 is 0 Å². The zero-order chi connectivity index (χ0) is 15.7. The number of amides is 1. The van der Waals surface area contributed by atoms with Crippen LogP contribution in [0.4, 0.5) is 0 Å². The highest BCUT2D eigenvalue weighted by Crippen LogP contribution is 2.10. The molecular formula is C15H18N6O. The SMILES string of the molecule is CC(C)n1cc(CN(C)C(=O)c2cn3cccnc3n2)cn1. The summed E-state index contributed by atoms with van der Waals surface area (Å²) >= 11 is 0. The number of hydrogen-bond donors (Lipinski definition) is 0. The summed E-state index contributed by atoms with van der Waals surface area (Å²) in [7, 11) is 1.76. The third kappa shape index (κ3) is 2.69. The summed E-state index contributed by atoms with van der Waals surface area (Å²) in [6.07, 6.45) is 8.91. The lowest BCUT2D eigenvalue weighted by molar-refractivity contribution is 0.0780. The Hall–Kier alpha value is -2.70. The molecule has 3 aromatic rings. The Balaban J connectivity index is 1.75. The molecule has 0 N–H and O–H groups in total. The summed E-state index contributed by atoms with van der Waals surface area (Å²) in [6, 6.07) is 2.10. The maximum atomic E-state index is 12.5. The van der Waals surface area contributed by atoms with Crippen LogP contribution in [0.15, 0.2) is 37.1 Å². The van der Waals surface area contributed by atoms with E-state index in [-0.39, 0.29) is 5.91 Å². The molecule has 0 unspecified atom stereocenters. The number of aromatic nitrogens is 5. The van der Waals surface area contributed by atoms with Crippen LogP contribution in [0.2, 0.25) is 0 Å². The van der Waals surface area contributed by atoms with Crippen LogP contribution in [-0.2, 0) is 6.54 Å². The highest BCUT2D eigenvalue weighted by atomic mass is 16.2. The van der Waals surface area contributed by atoms with Crippen molar-refractivity contribution in [2.75, 3.05) is 7.05 Å². The largest absolute Gasteiger partial charge is 0.336 e. The van der Waals surface area contributed by atoms with Gasteiger partial charge in [-0.3, -0.25) is 13.9 Å². The second-order valence-electron chi connectivity index (χ2n) is 5.54. The molecule has 0 fully saturated rings. The lowest BCUT2D eigenvalue weighted by Crippen LogP contribution is -2.26. The molecular weight excluding hydrogens is 280 g/mol. The third-order valence-corrected chi connectivity index (χ3v) is 3.41. The van der Waals surface area contributed by atoms with E-state index in [0.717, 1.165) is 5.56 Å².